The summed E-state index contributed by atoms with van der Waals surface area (Å²) in [5.74, 6) is 1.65. The van der Waals surface area contributed by atoms with Gasteiger partial charge in [-0.3, -0.25) is 0 Å². The number of hydrogen-bond acceptors (Lipinski definition) is 2. The number of unbranched alkanes of at least 4 members (excludes halogenated alkanes) is 1. The summed E-state index contributed by atoms with van der Waals surface area (Å²) in [6.07, 6.45) is 3.04. The second-order valence-corrected chi connectivity index (χ2v) is 5.15. The van der Waals surface area contributed by atoms with Crippen LogP contribution in [0.5, 0.6) is 11.5 Å². The average molecular weight is 271 g/mol. The van der Waals surface area contributed by atoms with Crippen molar-refractivity contribution >= 4 is 11.6 Å². The first-order valence-electron chi connectivity index (χ1n) is 6.70. The van der Waals surface area contributed by atoms with Crippen LogP contribution in [0.4, 0.5) is 0 Å². The molecule has 1 atom stereocenters. The van der Waals surface area contributed by atoms with Crippen LogP contribution in [-0.4, -0.2) is 18.6 Å². The Balaban J connectivity index is 2.75. The molecule has 18 heavy (non-hydrogen) atoms. The number of ether oxygens (including phenoxy) is 2. The number of rotatable bonds is 8. The van der Waals surface area contributed by atoms with Gasteiger partial charge in [-0.1, -0.05) is 19.4 Å². The Labute approximate surface area is 115 Å². The van der Waals surface area contributed by atoms with Crippen molar-refractivity contribution in [3.63, 3.8) is 0 Å². The van der Waals surface area contributed by atoms with Crippen LogP contribution in [0.1, 0.15) is 39.2 Å². The van der Waals surface area contributed by atoms with E-state index in [-0.39, 0.29) is 5.38 Å². The Morgan fingerprint density at radius 1 is 1.17 bits per heavy atom. The summed E-state index contributed by atoms with van der Waals surface area (Å²) in [5, 5.41) is 0.131. The minimum Gasteiger partial charge on any atom is -0.490 e. The van der Waals surface area contributed by atoms with Crippen molar-refractivity contribution < 1.29 is 9.47 Å². The minimum absolute atomic E-state index is 0.131. The molecule has 1 aromatic carbocycles. The Bertz CT molecular complexity index is 350. The lowest BCUT2D eigenvalue weighted by atomic mass is 10.1. The van der Waals surface area contributed by atoms with Gasteiger partial charge in [0.2, 0.25) is 0 Å². The lowest BCUT2D eigenvalue weighted by Crippen LogP contribution is -2.03. The van der Waals surface area contributed by atoms with Gasteiger partial charge < -0.3 is 9.47 Å². The normalized spacial score (nSPS) is 12.2. The SMILES string of the molecule is CCCCOc1ccc(CC(C)Cl)cc1OCC. The largest absolute Gasteiger partial charge is 0.490 e. The van der Waals surface area contributed by atoms with Crippen molar-refractivity contribution in [2.45, 2.75) is 45.4 Å². The monoisotopic (exact) mass is 270 g/mol. The summed E-state index contributed by atoms with van der Waals surface area (Å²) in [6, 6.07) is 6.07. The van der Waals surface area contributed by atoms with Crippen LogP contribution >= 0.6 is 11.6 Å². The Kier molecular flexibility index (Phi) is 6.96. The average Bonchev–Trinajstić information content (AvgIpc) is 2.32. The molecule has 0 bridgehead atoms. The van der Waals surface area contributed by atoms with E-state index in [4.69, 9.17) is 21.1 Å². The Morgan fingerprint density at radius 3 is 2.56 bits per heavy atom. The van der Waals surface area contributed by atoms with Crippen molar-refractivity contribution in [3.8, 4) is 11.5 Å². The number of alkyl halides is 1. The van der Waals surface area contributed by atoms with Gasteiger partial charge in [-0.25, -0.2) is 0 Å². The topological polar surface area (TPSA) is 18.5 Å². The molecular weight excluding hydrogens is 248 g/mol. The Morgan fingerprint density at radius 2 is 1.94 bits per heavy atom. The predicted molar refractivity (Wildman–Crippen MR) is 77.0 cm³/mol. The highest BCUT2D eigenvalue weighted by molar-refractivity contribution is 6.20. The van der Waals surface area contributed by atoms with Crippen LogP contribution < -0.4 is 9.47 Å². The lowest BCUT2D eigenvalue weighted by molar-refractivity contribution is 0.272. The first kappa shape index (κ1) is 15.2. The molecule has 0 N–H and O–H groups in total. The molecular formula is C15H23ClO2. The standard InChI is InChI=1S/C15H23ClO2/c1-4-6-9-18-14-8-7-13(10-12(3)16)11-15(14)17-5-2/h7-8,11-12H,4-6,9-10H2,1-3H3. The molecule has 1 rings (SSSR count). The van der Waals surface area contributed by atoms with E-state index in [1.165, 1.54) is 5.56 Å². The first-order chi connectivity index (χ1) is 8.67. The highest BCUT2D eigenvalue weighted by atomic mass is 35.5. The van der Waals surface area contributed by atoms with Crippen LogP contribution in [0.2, 0.25) is 0 Å². The molecule has 0 spiro atoms. The van der Waals surface area contributed by atoms with Gasteiger partial charge in [0.25, 0.3) is 0 Å². The fourth-order valence-corrected chi connectivity index (χ4v) is 1.90. The summed E-state index contributed by atoms with van der Waals surface area (Å²) >= 11 is 6.01. The van der Waals surface area contributed by atoms with Gasteiger partial charge in [0.05, 0.1) is 13.2 Å². The molecule has 0 heterocycles. The maximum absolute atomic E-state index is 6.01. The molecule has 0 aliphatic rings. The molecule has 2 nitrogen and oxygen atoms in total. The van der Waals surface area contributed by atoms with E-state index >= 15 is 0 Å². The summed E-state index contributed by atoms with van der Waals surface area (Å²) in [7, 11) is 0. The molecule has 0 aliphatic heterocycles. The fraction of sp³-hybridized carbons (Fsp3) is 0.600. The zero-order valence-corrected chi connectivity index (χ0v) is 12.3. The quantitative estimate of drug-likeness (QED) is 0.514. The van der Waals surface area contributed by atoms with Crippen LogP contribution in [0.15, 0.2) is 18.2 Å². The molecule has 1 unspecified atom stereocenters. The highest BCUT2D eigenvalue weighted by Gasteiger charge is 2.08. The highest BCUT2D eigenvalue weighted by Crippen LogP contribution is 2.29. The first-order valence-corrected chi connectivity index (χ1v) is 7.13. The van der Waals surface area contributed by atoms with Gasteiger partial charge in [0.1, 0.15) is 0 Å². The molecule has 0 saturated carbocycles. The van der Waals surface area contributed by atoms with Crippen molar-refractivity contribution in [3.05, 3.63) is 23.8 Å². The number of benzene rings is 1. The third-order valence-corrected chi connectivity index (χ3v) is 2.73. The van der Waals surface area contributed by atoms with Crippen molar-refractivity contribution in [1.29, 1.82) is 0 Å². The summed E-state index contributed by atoms with van der Waals surface area (Å²) in [4.78, 5) is 0. The summed E-state index contributed by atoms with van der Waals surface area (Å²) in [5.41, 5.74) is 1.18. The summed E-state index contributed by atoms with van der Waals surface area (Å²) < 4.78 is 11.4. The van der Waals surface area contributed by atoms with E-state index < -0.39 is 0 Å². The van der Waals surface area contributed by atoms with Crippen LogP contribution in [0.3, 0.4) is 0 Å². The van der Waals surface area contributed by atoms with Gasteiger partial charge in [-0.15, -0.1) is 11.6 Å². The van der Waals surface area contributed by atoms with E-state index in [1.807, 2.05) is 26.0 Å². The molecule has 0 fully saturated rings. The predicted octanol–water partition coefficient (Wildman–Crippen LogP) is 4.43. The molecule has 0 radical (unpaired) electrons. The van der Waals surface area contributed by atoms with Gasteiger partial charge in [-0.05, 0) is 44.4 Å². The second kappa shape index (κ2) is 8.25. The van der Waals surface area contributed by atoms with Gasteiger partial charge >= 0.3 is 0 Å². The molecule has 0 aromatic heterocycles. The summed E-state index contributed by atoms with van der Waals surface area (Å²) in [6.45, 7) is 7.50. The number of hydrogen-bond donors (Lipinski definition) is 0. The maximum atomic E-state index is 6.01. The minimum atomic E-state index is 0.131. The molecule has 3 heteroatoms. The van der Waals surface area contributed by atoms with E-state index in [9.17, 15) is 0 Å². The zero-order valence-electron chi connectivity index (χ0n) is 11.5. The molecule has 102 valence electrons. The van der Waals surface area contributed by atoms with Crippen LogP contribution in [0, 0.1) is 0 Å². The van der Waals surface area contributed by atoms with Gasteiger partial charge in [0, 0.05) is 5.38 Å². The van der Waals surface area contributed by atoms with E-state index in [1.54, 1.807) is 0 Å². The van der Waals surface area contributed by atoms with Crippen LogP contribution in [0.25, 0.3) is 0 Å². The van der Waals surface area contributed by atoms with Gasteiger partial charge in [-0.2, -0.15) is 0 Å². The van der Waals surface area contributed by atoms with E-state index in [2.05, 4.69) is 13.0 Å². The van der Waals surface area contributed by atoms with Crippen molar-refractivity contribution in [2.75, 3.05) is 13.2 Å². The fourth-order valence-electron chi connectivity index (χ4n) is 1.72. The maximum Gasteiger partial charge on any atom is 0.161 e. The smallest absolute Gasteiger partial charge is 0.161 e. The van der Waals surface area contributed by atoms with Crippen LogP contribution in [-0.2, 0) is 6.42 Å². The van der Waals surface area contributed by atoms with E-state index in [0.717, 1.165) is 37.4 Å². The van der Waals surface area contributed by atoms with E-state index in [0.29, 0.717) is 6.61 Å². The third-order valence-electron chi connectivity index (χ3n) is 2.58. The van der Waals surface area contributed by atoms with Crippen molar-refractivity contribution in [2.24, 2.45) is 0 Å². The zero-order chi connectivity index (χ0) is 13.4. The lowest BCUT2D eigenvalue weighted by Gasteiger charge is -2.13. The Hall–Kier alpha value is -0.890. The number of halogens is 1. The van der Waals surface area contributed by atoms with Gasteiger partial charge in [0.15, 0.2) is 11.5 Å². The third kappa shape index (κ3) is 5.18. The second-order valence-electron chi connectivity index (χ2n) is 4.40. The van der Waals surface area contributed by atoms with Crippen molar-refractivity contribution in [1.82, 2.24) is 0 Å². The molecule has 1 aromatic rings. The molecule has 0 amide bonds. The molecule has 0 saturated heterocycles. The molecule has 0 aliphatic carbocycles.